The predicted octanol–water partition coefficient (Wildman–Crippen LogP) is 4.15. The van der Waals surface area contributed by atoms with E-state index >= 15 is 0 Å². The molecule has 0 spiro atoms. The minimum atomic E-state index is -0.215. The van der Waals surface area contributed by atoms with Crippen molar-refractivity contribution >= 4 is 23.3 Å². The van der Waals surface area contributed by atoms with Gasteiger partial charge in [-0.1, -0.05) is 24.3 Å². The maximum Gasteiger partial charge on any atom is 0.197 e. The van der Waals surface area contributed by atoms with Crippen molar-refractivity contribution in [2.24, 2.45) is 0 Å². The Morgan fingerprint density at radius 1 is 0.923 bits per heavy atom. The lowest BCUT2D eigenvalue weighted by molar-refractivity contribution is 0.0990. The molecule has 0 unspecified atom stereocenters. The van der Waals surface area contributed by atoms with Crippen LogP contribution >= 0.6 is 0 Å². The first-order chi connectivity index (χ1) is 12.7. The highest BCUT2D eigenvalue weighted by atomic mass is 16.5. The van der Waals surface area contributed by atoms with Gasteiger partial charge >= 0.3 is 0 Å². The van der Waals surface area contributed by atoms with Crippen LogP contribution in [-0.2, 0) is 0 Å². The maximum absolute atomic E-state index is 12.6. The van der Waals surface area contributed by atoms with Crippen LogP contribution < -0.4 is 9.64 Å². The van der Waals surface area contributed by atoms with Crippen LogP contribution in [0.3, 0.4) is 0 Å². The Labute approximate surface area is 153 Å². The largest absolute Gasteiger partial charge is 0.496 e. The molecular formula is C22H21NO3. The molecule has 0 atom stereocenters. The molecule has 4 rings (SSSR count). The second kappa shape index (κ2) is 6.79. The molecule has 1 heterocycles. The molecule has 26 heavy (non-hydrogen) atoms. The molecule has 1 aliphatic heterocycles. The Bertz CT molecular complexity index is 870. The van der Waals surface area contributed by atoms with Gasteiger partial charge in [0.2, 0.25) is 0 Å². The Kier molecular flexibility index (Phi) is 4.33. The van der Waals surface area contributed by atoms with Crippen LogP contribution in [-0.4, -0.2) is 31.8 Å². The molecular weight excluding hydrogens is 326 g/mol. The van der Waals surface area contributed by atoms with Crippen LogP contribution in [0, 0.1) is 0 Å². The molecule has 0 saturated carbocycles. The van der Waals surface area contributed by atoms with Crippen LogP contribution in [0.25, 0.3) is 6.08 Å². The van der Waals surface area contributed by atoms with E-state index in [2.05, 4.69) is 4.90 Å². The summed E-state index contributed by atoms with van der Waals surface area (Å²) in [5, 5.41) is 0. The number of fused-ring (bicyclic) bond motifs is 1. The molecule has 2 aromatic rings. The number of hydrogen-bond donors (Lipinski definition) is 0. The van der Waals surface area contributed by atoms with Gasteiger partial charge in [0.25, 0.3) is 0 Å². The lowest BCUT2D eigenvalue weighted by Crippen LogP contribution is -2.29. The summed E-state index contributed by atoms with van der Waals surface area (Å²) in [6, 6.07) is 12.9. The maximum atomic E-state index is 12.6. The van der Waals surface area contributed by atoms with E-state index in [-0.39, 0.29) is 17.1 Å². The van der Waals surface area contributed by atoms with Gasteiger partial charge in [-0.2, -0.15) is 0 Å². The van der Waals surface area contributed by atoms with Crippen LogP contribution in [0.5, 0.6) is 5.75 Å². The summed E-state index contributed by atoms with van der Waals surface area (Å²) in [4.78, 5) is 27.5. The molecule has 4 heteroatoms. The van der Waals surface area contributed by atoms with Gasteiger partial charge in [0, 0.05) is 41.5 Å². The van der Waals surface area contributed by atoms with Crippen molar-refractivity contribution in [3.05, 3.63) is 64.7 Å². The summed E-state index contributed by atoms with van der Waals surface area (Å²) in [5.74, 6) is 0.248. The molecule has 0 aromatic heterocycles. The average Bonchev–Trinajstić information content (AvgIpc) is 2.94. The van der Waals surface area contributed by atoms with Crippen molar-refractivity contribution in [3.63, 3.8) is 0 Å². The molecule has 2 aliphatic rings. The van der Waals surface area contributed by atoms with Gasteiger partial charge < -0.3 is 9.64 Å². The van der Waals surface area contributed by atoms with E-state index in [4.69, 9.17) is 4.74 Å². The van der Waals surface area contributed by atoms with Crippen LogP contribution in [0.2, 0.25) is 0 Å². The van der Waals surface area contributed by atoms with E-state index in [0.717, 1.165) is 24.3 Å². The second-order valence-corrected chi connectivity index (χ2v) is 6.74. The smallest absolute Gasteiger partial charge is 0.197 e. The molecule has 2 aromatic carbocycles. The van der Waals surface area contributed by atoms with Crippen molar-refractivity contribution in [3.8, 4) is 5.75 Å². The highest BCUT2D eigenvalue weighted by Crippen LogP contribution is 2.32. The van der Waals surface area contributed by atoms with E-state index in [1.165, 1.54) is 19.3 Å². The van der Waals surface area contributed by atoms with Crippen LogP contribution in [0.4, 0.5) is 5.69 Å². The Morgan fingerprint density at radius 2 is 1.58 bits per heavy atom. The van der Waals surface area contributed by atoms with E-state index in [0.29, 0.717) is 16.9 Å². The van der Waals surface area contributed by atoms with Crippen molar-refractivity contribution in [1.82, 2.24) is 0 Å². The van der Waals surface area contributed by atoms with Crippen molar-refractivity contribution in [2.45, 2.75) is 19.3 Å². The van der Waals surface area contributed by atoms with Gasteiger partial charge in [0.15, 0.2) is 11.6 Å². The highest BCUT2D eigenvalue weighted by molar-refractivity contribution is 6.41. The number of anilines is 1. The second-order valence-electron chi connectivity index (χ2n) is 6.74. The third-order valence-electron chi connectivity index (χ3n) is 5.14. The predicted molar refractivity (Wildman–Crippen MR) is 102 cm³/mol. The molecule has 0 radical (unpaired) electrons. The first-order valence-corrected chi connectivity index (χ1v) is 9.02. The fourth-order valence-electron chi connectivity index (χ4n) is 3.73. The monoisotopic (exact) mass is 347 g/mol. The van der Waals surface area contributed by atoms with Crippen molar-refractivity contribution < 1.29 is 14.3 Å². The summed E-state index contributed by atoms with van der Waals surface area (Å²) in [5.41, 5.74) is 3.03. The number of carbonyl (C=O) groups is 2. The van der Waals surface area contributed by atoms with E-state index in [9.17, 15) is 9.59 Å². The molecule has 0 amide bonds. The summed E-state index contributed by atoms with van der Waals surface area (Å²) in [7, 11) is 1.62. The Morgan fingerprint density at radius 3 is 2.19 bits per heavy atom. The molecule has 0 N–H and O–H groups in total. The van der Waals surface area contributed by atoms with Gasteiger partial charge in [-0.25, -0.2) is 0 Å². The van der Waals surface area contributed by atoms with Gasteiger partial charge in [0.1, 0.15) is 5.75 Å². The van der Waals surface area contributed by atoms with E-state index < -0.39 is 0 Å². The SMILES string of the molecule is COc1cc(N2CCCCC2)ccc1C=C1C(=O)c2ccccc2C1=O. The first-order valence-electron chi connectivity index (χ1n) is 9.02. The number of carbonyl (C=O) groups excluding carboxylic acids is 2. The molecule has 1 saturated heterocycles. The average molecular weight is 347 g/mol. The lowest BCUT2D eigenvalue weighted by Gasteiger charge is -2.29. The third-order valence-corrected chi connectivity index (χ3v) is 5.14. The number of methoxy groups -OCH3 is 1. The Balaban J connectivity index is 1.69. The van der Waals surface area contributed by atoms with E-state index in [1.807, 2.05) is 18.2 Å². The van der Waals surface area contributed by atoms with E-state index in [1.54, 1.807) is 37.5 Å². The number of benzene rings is 2. The van der Waals surface area contributed by atoms with Crippen molar-refractivity contribution in [2.75, 3.05) is 25.1 Å². The summed E-state index contributed by atoms with van der Waals surface area (Å²) >= 11 is 0. The van der Waals surface area contributed by atoms with Crippen LogP contribution in [0.15, 0.2) is 48.0 Å². The number of ketones is 2. The van der Waals surface area contributed by atoms with Gasteiger partial charge in [-0.05, 0) is 37.5 Å². The fourth-order valence-corrected chi connectivity index (χ4v) is 3.73. The summed E-state index contributed by atoms with van der Waals surface area (Å²) < 4.78 is 5.54. The summed E-state index contributed by atoms with van der Waals surface area (Å²) in [6.45, 7) is 2.10. The molecule has 1 fully saturated rings. The molecule has 4 nitrogen and oxygen atoms in total. The number of allylic oxidation sites excluding steroid dienone is 1. The zero-order valence-corrected chi connectivity index (χ0v) is 14.8. The van der Waals surface area contributed by atoms with Gasteiger partial charge in [0.05, 0.1) is 12.7 Å². The highest BCUT2D eigenvalue weighted by Gasteiger charge is 2.32. The Hall–Kier alpha value is -2.88. The zero-order chi connectivity index (χ0) is 18.1. The van der Waals surface area contributed by atoms with Crippen LogP contribution in [0.1, 0.15) is 45.5 Å². The molecule has 0 bridgehead atoms. The number of Topliss-reactive ketones (excluding diaryl/α,β-unsaturated/α-hetero) is 2. The molecule has 132 valence electrons. The van der Waals surface area contributed by atoms with Crippen molar-refractivity contribution in [1.29, 1.82) is 0 Å². The minimum absolute atomic E-state index is 0.204. The van der Waals surface area contributed by atoms with Gasteiger partial charge in [-0.3, -0.25) is 9.59 Å². The topological polar surface area (TPSA) is 46.6 Å². The number of ether oxygens (including phenoxy) is 1. The van der Waals surface area contributed by atoms with Gasteiger partial charge in [-0.15, -0.1) is 0 Å². The third kappa shape index (κ3) is 2.81. The minimum Gasteiger partial charge on any atom is -0.496 e. The standard InChI is InChI=1S/C22H21NO3/c1-26-20-14-16(23-11-5-2-6-12-23)10-9-15(20)13-19-21(24)17-7-3-4-8-18(17)22(19)25/h3-4,7-10,13-14H,2,5-6,11-12H2,1H3. The zero-order valence-electron chi connectivity index (χ0n) is 14.8. The number of hydrogen-bond acceptors (Lipinski definition) is 4. The fraction of sp³-hybridized carbons (Fsp3) is 0.273. The number of piperidine rings is 1. The first kappa shape index (κ1) is 16.6. The number of nitrogens with zero attached hydrogens (tertiary/aromatic N) is 1. The summed E-state index contributed by atoms with van der Waals surface area (Å²) in [6.07, 6.45) is 5.34. The molecule has 1 aliphatic carbocycles. The normalized spacial score (nSPS) is 16.7. The lowest BCUT2D eigenvalue weighted by atomic mass is 10.0. The number of rotatable bonds is 3. The quantitative estimate of drug-likeness (QED) is 0.618.